The van der Waals surface area contributed by atoms with Crippen molar-refractivity contribution in [2.75, 3.05) is 11.9 Å². The Bertz CT molecular complexity index is 587. The number of nitrogens with one attached hydrogen (secondary N) is 2. The van der Waals surface area contributed by atoms with Gasteiger partial charge in [-0.15, -0.1) is 0 Å². The third-order valence-electron chi connectivity index (χ3n) is 2.37. The molecule has 0 unspecified atom stereocenters. The van der Waals surface area contributed by atoms with Gasteiger partial charge in [0.2, 0.25) is 5.91 Å². The molecule has 7 nitrogen and oxygen atoms in total. The third kappa shape index (κ3) is 4.75. The summed E-state index contributed by atoms with van der Waals surface area (Å²) in [4.78, 5) is 31.8. The molecule has 0 radical (unpaired) electrons. The van der Waals surface area contributed by atoms with Crippen LogP contribution >= 0.6 is 0 Å². The smallest absolute Gasteiger partial charge is 0.339 e. The molecule has 0 heterocycles. The van der Waals surface area contributed by atoms with Gasteiger partial charge in [-0.25, -0.2) is 0 Å². The molecule has 0 atom stereocenters. The van der Waals surface area contributed by atoms with Gasteiger partial charge in [-0.3, -0.25) is 19.7 Å². The molecule has 1 aromatic carbocycles. The number of aryl methyl sites for hydroxylation is 1. The van der Waals surface area contributed by atoms with Crippen LogP contribution < -0.4 is 10.6 Å². The number of alkyl halides is 3. The maximum Gasteiger partial charge on any atom is 0.471 e. The van der Waals surface area contributed by atoms with E-state index in [-0.39, 0.29) is 11.4 Å². The van der Waals surface area contributed by atoms with Crippen LogP contribution in [-0.2, 0) is 9.59 Å². The number of nitrogens with zero attached hydrogens (tertiary/aromatic N) is 1. The number of amides is 2. The number of hydrogen-bond donors (Lipinski definition) is 2. The second-order valence-corrected chi connectivity index (χ2v) is 3.98. The van der Waals surface area contributed by atoms with E-state index in [2.05, 4.69) is 5.32 Å². The van der Waals surface area contributed by atoms with E-state index in [1.165, 1.54) is 17.4 Å². The number of benzene rings is 1. The molecule has 2 N–H and O–H groups in total. The number of nitro groups is 1. The Morgan fingerprint density at radius 1 is 1.33 bits per heavy atom. The molecule has 1 rings (SSSR count). The minimum atomic E-state index is -5.08. The van der Waals surface area contributed by atoms with Gasteiger partial charge in [0.15, 0.2) is 0 Å². The second-order valence-electron chi connectivity index (χ2n) is 3.98. The topological polar surface area (TPSA) is 101 Å². The molecule has 0 aliphatic rings. The summed E-state index contributed by atoms with van der Waals surface area (Å²) >= 11 is 0. The average molecular weight is 305 g/mol. The van der Waals surface area contributed by atoms with Gasteiger partial charge in [-0.05, 0) is 12.5 Å². The van der Waals surface area contributed by atoms with Gasteiger partial charge in [-0.2, -0.15) is 13.2 Å². The summed E-state index contributed by atoms with van der Waals surface area (Å²) in [7, 11) is 0. The first-order valence-corrected chi connectivity index (χ1v) is 5.51. The highest BCUT2D eigenvalue weighted by atomic mass is 19.4. The van der Waals surface area contributed by atoms with Crippen molar-refractivity contribution in [1.29, 1.82) is 0 Å². The van der Waals surface area contributed by atoms with E-state index in [4.69, 9.17) is 0 Å². The zero-order chi connectivity index (χ0) is 16.2. The number of carbonyl (C=O) groups excluding carboxylic acids is 2. The van der Waals surface area contributed by atoms with Gasteiger partial charge in [0.1, 0.15) is 0 Å². The lowest BCUT2D eigenvalue weighted by Crippen LogP contribution is -2.41. The minimum absolute atomic E-state index is 0.0791. The van der Waals surface area contributed by atoms with Crippen molar-refractivity contribution >= 4 is 23.2 Å². The predicted molar refractivity (Wildman–Crippen MR) is 65.5 cm³/mol. The second kappa shape index (κ2) is 6.20. The molecule has 0 aliphatic heterocycles. The molecule has 2 amide bonds. The number of rotatable bonds is 4. The summed E-state index contributed by atoms with van der Waals surface area (Å²) < 4.78 is 35.7. The Labute approximate surface area is 116 Å². The Kier molecular flexibility index (Phi) is 4.84. The standard InChI is InChI=1S/C11H10F3N3O4/c1-6-2-3-7(17(20)21)4-8(6)16-9(18)5-15-10(19)11(12,13)14/h2-4H,5H2,1H3,(H,15,19)(H,16,18). The number of non-ortho nitro benzene ring substituents is 1. The first kappa shape index (κ1) is 16.4. The molecule has 0 spiro atoms. The predicted octanol–water partition coefficient (Wildman–Crippen LogP) is 1.52. The summed E-state index contributed by atoms with van der Waals surface area (Å²) in [5, 5.41) is 14.2. The van der Waals surface area contributed by atoms with Gasteiger partial charge < -0.3 is 10.6 Å². The number of nitro benzene ring substituents is 1. The minimum Gasteiger partial charge on any atom is -0.339 e. The van der Waals surface area contributed by atoms with E-state index in [9.17, 15) is 32.9 Å². The van der Waals surface area contributed by atoms with E-state index in [1.54, 1.807) is 6.92 Å². The Morgan fingerprint density at radius 2 is 1.95 bits per heavy atom. The van der Waals surface area contributed by atoms with E-state index < -0.39 is 29.5 Å². The van der Waals surface area contributed by atoms with Crippen molar-refractivity contribution in [3.8, 4) is 0 Å². The molecule has 0 aliphatic carbocycles. The van der Waals surface area contributed by atoms with Crippen molar-refractivity contribution in [2.24, 2.45) is 0 Å². The summed E-state index contributed by atoms with van der Waals surface area (Å²) in [6, 6.07) is 3.66. The lowest BCUT2D eigenvalue weighted by atomic mass is 10.2. The summed E-state index contributed by atoms with van der Waals surface area (Å²) in [5.41, 5.74) is 0.279. The molecule has 21 heavy (non-hydrogen) atoms. The lowest BCUT2D eigenvalue weighted by Gasteiger charge is -2.10. The summed E-state index contributed by atoms with van der Waals surface area (Å²) in [6.45, 7) is 0.647. The molecule has 0 saturated carbocycles. The highest BCUT2D eigenvalue weighted by Crippen LogP contribution is 2.21. The third-order valence-corrected chi connectivity index (χ3v) is 2.37. The fourth-order valence-corrected chi connectivity index (χ4v) is 1.31. The number of anilines is 1. The molecule has 0 aromatic heterocycles. The van der Waals surface area contributed by atoms with Crippen LogP contribution in [0.15, 0.2) is 18.2 Å². The summed E-state index contributed by atoms with van der Waals surface area (Å²) in [6.07, 6.45) is -5.08. The molecule has 0 fully saturated rings. The summed E-state index contributed by atoms with van der Waals surface area (Å²) in [5.74, 6) is -3.18. The molecular weight excluding hydrogens is 295 g/mol. The monoisotopic (exact) mass is 305 g/mol. The lowest BCUT2D eigenvalue weighted by molar-refractivity contribution is -0.384. The molecule has 0 bridgehead atoms. The average Bonchev–Trinajstić information content (AvgIpc) is 2.37. The van der Waals surface area contributed by atoms with E-state index in [0.29, 0.717) is 5.56 Å². The van der Waals surface area contributed by atoms with Crippen molar-refractivity contribution in [3.05, 3.63) is 33.9 Å². The fraction of sp³-hybridized carbons (Fsp3) is 0.273. The number of carbonyl (C=O) groups is 2. The molecule has 1 aromatic rings. The maximum atomic E-state index is 11.9. The SMILES string of the molecule is Cc1ccc([N+](=O)[O-])cc1NC(=O)CNC(=O)C(F)(F)F. The molecule has 114 valence electrons. The number of hydrogen-bond acceptors (Lipinski definition) is 4. The highest BCUT2D eigenvalue weighted by molar-refractivity contribution is 5.96. The zero-order valence-electron chi connectivity index (χ0n) is 10.7. The van der Waals surface area contributed by atoms with Crippen LogP contribution in [0.4, 0.5) is 24.5 Å². The molecule has 10 heteroatoms. The van der Waals surface area contributed by atoms with Gasteiger partial charge in [0, 0.05) is 12.1 Å². The van der Waals surface area contributed by atoms with Crippen molar-refractivity contribution in [1.82, 2.24) is 5.32 Å². The van der Waals surface area contributed by atoms with Gasteiger partial charge in [0.05, 0.1) is 17.2 Å². The van der Waals surface area contributed by atoms with E-state index in [0.717, 1.165) is 6.07 Å². The Morgan fingerprint density at radius 3 is 2.48 bits per heavy atom. The molecular formula is C11H10F3N3O4. The first-order chi connectivity index (χ1) is 9.61. The van der Waals surface area contributed by atoms with Crippen molar-refractivity contribution in [3.63, 3.8) is 0 Å². The van der Waals surface area contributed by atoms with Crippen LogP contribution in [0.1, 0.15) is 5.56 Å². The zero-order valence-corrected chi connectivity index (χ0v) is 10.7. The fourth-order valence-electron chi connectivity index (χ4n) is 1.31. The highest BCUT2D eigenvalue weighted by Gasteiger charge is 2.38. The van der Waals surface area contributed by atoms with Gasteiger partial charge >= 0.3 is 12.1 Å². The van der Waals surface area contributed by atoms with Crippen LogP contribution in [0.2, 0.25) is 0 Å². The van der Waals surface area contributed by atoms with Crippen LogP contribution in [0.3, 0.4) is 0 Å². The van der Waals surface area contributed by atoms with Crippen LogP contribution in [0.25, 0.3) is 0 Å². The van der Waals surface area contributed by atoms with Crippen LogP contribution in [-0.4, -0.2) is 29.5 Å². The number of halogens is 3. The van der Waals surface area contributed by atoms with Gasteiger partial charge in [0.25, 0.3) is 5.69 Å². The van der Waals surface area contributed by atoms with E-state index in [1.807, 2.05) is 0 Å². The van der Waals surface area contributed by atoms with Crippen LogP contribution in [0, 0.1) is 17.0 Å². The maximum absolute atomic E-state index is 11.9. The normalized spacial score (nSPS) is 10.9. The van der Waals surface area contributed by atoms with Crippen LogP contribution in [0.5, 0.6) is 0 Å². The first-order valence-electron chi connectivity index (χ1n) is 5.51. The van der Waals surface area contributed by atoms with Crippen molar-refractivity contribution in [2.45, 2.75) is 13.1 Å². The Balaban J connectivity index is 2.69. The Hall–Kier alpha value is -2.65. The van der Waals surface area contributed by atoms with Crippen molar-refractivity contribution < 1.29 is 27.7 Å². The largest absolute Gasteiger partial charge is 0.471 e. The molecule has 0 saturated heterocycles. The van der Waals surface area contributed by atoms with E-state index >= 15 is 0 Å². The van der Waals surface area contributed by atoms with Gasteiger partial charge in [-0.1, -0.05) is 6.07 Å². The quantitative estimate of drug-likeness (QED) is 0.650.